The first-order valence-electron chi connectivity index (χ1n) is 12.5. The van der Waals surface area contributed by atoms with Gasteiger partial charge in [-0.2, -0.15) is 4.72 Å². The molecule has 2 amide bonds. The highest BCUT2D eigenvalue weighted by atomic mass is 35.5. The molecule has 0 aromatic carbocycles. The maximum Gasteiger partial charge on any atom is 0.242 e. The molecule has 0 aliphatic carbocycles. The lowest BCUT2D eigenvalue weighted by atomic mass is 10.0. The smallest absolute Gasteiger partial charge is 0.242 e. The largest absolute Gasteiger partial charge is 0.337 e. The fourth-order valence-corrected chi connectivity index (χ4v) is 7.40. The van der Waals surface area contributed by atoms with Gasteiger partial charge in [-0.3, -0.25) is 14.5 Å². The number of carbonyl (C=O) groups is 2. The van der Waals surface area contributed by atoms with Gasteiger partial charge in [-0.1, -0.05) is 18.0 Å². The van der Waals surface area contributed by atoms with E-state index in [9.17, 15) is 18.0 Å². The number of carbonyl (C=O) groups excluding carboxylic acids is 2. The van der Waals surface area contributed by atoms with E-state index in [2.05, 4.69) is 16.5 Å². The number of likely N-dealkylation sites (tertiary alicyclic amines) is 3. The molecular weight excluding hydrogens is 508 g/mol. The van der Waals surface area contributed by atoms with E-state index in [0.717, 1.165) is 37.9 Å². The molecule has 3 atom stereocenters. The lowest BCUT2D eigenvalue weighted by molar-refractivity contribution is -0.143. The van der Waals surface area contributed by atoms with E-state index in [0.29, 0.717) is 34.6 Å². The third-order valence-electron chi connectivity index (χ3n) is 7.25. The van der Waals surface area contributed by atoms with Crippen LogP contribution in [-0.2, 0) is 19.6 Å². The molecule has 3 aliphatic rings. The maximum absolute atomic E-state index is 13.2. The zero-order chi connectivity index (χ0) is 25.0. The highest BCUT2D eigenvalue weighted by Gasteiger charge is 2.36. The van der Waals surface area contributed by atoms with Crippen molar-refractivity contribution in [1.82, 2.24) is 19.4 Å². The molecule has 0 spiro atoms. The van der Waals surface area contributed by atoms with Gasteiger partial charge < -0.3 is 9.80 Å². The molecule has 1 aromatic rings. The highest BCUT2D eigenvalue weighted by molar-refractivity contribution is 7.92. The van der Waals surface area contributed by atoms with Gasteiger partial charge in [0.05, 0.1) is 10.9 Å². The Labute approximate surface area is 217 Å². The van der Waals surface area contributed by atoms with Crippen molar-refractivity contribution in [2.75, 3.05) is 32.7 Å². The van der Waals surface area contributed by atoms with Gasteiger partial charge in [0, 0.05) is 42.0 Å². The molecule has 3 unspecified atom stereocenters. The Bertz CT molecular complexity index is 1040. The molecule has 3 fully saturated rings. The Morgan fingerprint density at radius 2 is 1.94 bits per heavy atom. The van der Waals surface area contributed by atoms with Gasteiger partial charge in [0.1, 0.15) is 6.04 Å². The average molecular weight is 543 g/mol. The molecule has 0 bridgehead atoms. The summed E-state index contributed by atoms with van der Waals surface area (Å²) in [6, 6.07) is 3.30. The molecule has 1 aromatic heterocycles. The lowest BCUT2D eigenvalue weighted by Gasteiger charge is -2.38. The molecule has 4 heterocycles. The van der Waals surface area contributed by atoms with E-state index < -0.39 is 16.1 Å². The number of piperidine rings is 2. The minimum Gasteiger partial charge on any atom is -0.337 e. The van der Waals surface area contributed by atoms with Crippen molar-refractivity contribution in [2.45, 2.75) is 70.0 Å². The standard InChI is InChI=1S/C24H35ClN4O4S2/c1-18-6-2-3-12-27(18)16-19-7-4-14-29(19)23(30)17-28-13-5-8-21(24(28)31)26-35(32,33)15-11-20-9-10-22(25)34-20/h9-11,15,18-19,21,26H,2-8,12-14,16-17H2,1H3/b15-11+. The molecule has 194 valence electrons. The summed E-state index contributed by atoms with van der Waals surface area (Å²) in [7, 11) is -3.82. The van der Waals surface area contributed by atoms with Crippen molar-refractivity contribution in [3.8, 4) is 0 Å². The maximum atomic E-state index is 13.2. The lowest BCUT2D eigenvalue weighted by Crippen LogP contribution is -2.55. The first kappa shape index (κ1) is 26.6. The molecule has 0 saturated carbocycles. The second kappa shape index (κ2) is 11.7. The van der Waals surface area contributed by atoms with E-state index in [1.807, 2.05) is 4.90 Å². The summed E-state index contributed by atoms with van der Waals surface area (Å²) in [5.74, 6) is -0.371. The SMILES string of the molecule is CC1CCCCN1CC1CCCN1C(=O)CN1CCCC(NS(=O)(=O)/C=C/c2ccc(Cl)s2)C1=O. The van der Waals surface area contributed by atoms with E-state index in [4.69, 9.17) is 11.6 Å². The predicted molar refractivity (Wildman–Crippen MR) is 140 cm³/mol. The first-order valence-corrected chi connectivity index (χ1v) is 15.2. The molecule has 3 saturated heterocycles. The van der Waals surface area contributed by atoms with Crippen molar-refractivity contribution in [2.24, 2.45) is 0 Å². The topological polar surface area (TPSA) is 90.0 Å². The molecule has 35 heavy (non-hydrogen) atoms. The fraction of sp³-hybridized carbons (Fsp3) is 0.667. The summed E-state index contributed by atoms with van der Waals surface area (Å²) in [5.41, 5.74) is 0. The molecule has 1 N–H and O–H groups in total. The van der Waals surface area contributed by atoms with Crippen LogP contribution in [0.2, 0.25) is 4.34 Å². The normalized spacial score (nSPS) is 26.7. The number of halogens is 1. The van der Waals surface area contributed by atoms with E-state index in [-0.39, 0.29) is 24.4 Å². The Morgan fingerprint density at radius 3 is 2.69 bits per heavy atom. The third-order valence-corrected chi connectivity index (χ3v) is 9.56. The number of nitrogens with one attached hydrogen (secondary N) is 1. The molecule has 3 aliphatic heterocycles. The fourth-order valence-electron chi connectivity index (χ4n) is 5.33. The molecular formula is C24H35ClN4O4S2. The van der Waals surface area contributed by atoms with Crippen LogP contribution in [0.15, 0.2) is 17.5 Å². The molecule has 8 nitrogen and oxygen atoms in total. The van der Waals surface area contributed by atoms with Crippen LogP contribution in [0.3, 0.4) is 0 Å². The van der Waals surface area contributed by atoms with Gasteiger partial charge in [0.15, 0.2) is 0 Å². The van der Waals surface area contributed by atoms with Gasteiger partial charge in [-0.15, -0.1) is 11.3 Å². The number of hydrogen-bond donors (Lipinski definition) is 1. The van der Waals surface area contributed by atoms with Gasteiger partial charge in [0.2, 0.25) is 21.8 Å². The average Bonchev–Trinajstić information content (AvgIpc) is 3.45. The highest BCUT2D eigenvalue weighted by Crippen LogP contribution is 2.25. The molecule has 4 rings (SSSR count). The Balaban J connectivity index is 1.33. The number of nitrogens with zero attached hydrogens (tertiary/aromatic N) is 3. The Kier molecular flexibility index (Phi) is 8.91. The van der Waals surface area contributed by atoms with Crippen molar-refractivity contribution >= 4 is 50.9 Å². The van der Waals surface area contributed by atoms with E-state index >= 15 is 0 Å². The molecule has 0 radical (unpaired) electrons. The number of rotatable bonds is 8. The van der Waals surface area contributed by atoms with Crippen LogP contribution < -0.4 is 4.72 Å². The Hall–Kier alpha value is -1.46. The van der Waals surface area contributed by atoms with Crippen LogP contribution >= 0.6 is 22.9 Å². The quantitative estimate of drug-likeness (QED) is 0.545. The second-order valence-corrected chi connectivity index (χ2v) is 13.1. The third kappa shape index (κ3) is 7.07. The minimum atomic E-state index is -3.82. The van der Waals surface area contributed by atoms with Crippen LogP contribution in [0, 0.1) is 0 Å². The first-order chi connectivity index (χ1) is 16.7. The molecule has 11 heteroatoms. The van der Waals surface area contributed by atoms with Crippen LogP contribution in [0.1, 0.15) is 56.7 Å². The van der Waals surface area contributed by atoms with Crippen molar-refractivity contribution in [3.05, 3.63) is 26.8 Å². The Morgan fingerprint density at radius 1 is 1.14 bits per heavy atom. The summed E-state index contributed by atoms with van der Waals surface area (Å²) < 4.78 is 28.2. The number of sulfonamides is 1. The van der Waals surface area contributed by atoms with E-state index in [1.54, 1.807) is 12.1 Å². The zero-order valence-corrected chi connectivity index (χ0v) is 22.6. The van der Waals surface area contributed by atoms with Gasteiger partial charge in [-0.05, 0) is 70.2 Å². The number of hydrogen-bond acceptors (Lipinski definition) is 6. The summed E-state index contributed by atoms with van der Waals surface area (Å²) in [6.07, 6.45) is 8.18. The summed E-state index contributed by atoms with van der Waals surface area (Å²) in [6.45, 7) is 5.44. The monoisotopic (exact) mass is 542 g/mol. The summed E-state index contributed by atoms with van der Waals surface area (Å²) >= 11 is 7.16. The van der Waals surface area contributed by atoms with Crippen molar-refractivity contribution in [3.63, 3.8) is 0 Å². The zero-order valence-electron chi connectivity index (χ0n) is 20.2. The van der Waals surface area contributed by atoms with E-state index in [1.165, 1.54) is 41.6 Å². The summed E-state index contributed by atoms with van der Waals surface area (Å²) in [4.78, 5) is 32.9. The van der Waals surface area contributed by atoms with Crippen molar-refractivity contribution < 1.29 is 18.0 Å². The van der Waals surface area contributed by atoms with Crippen LogP contribution in [0.4, 0.5) is 0 Å². The predicted octanol–water partition coefficient (Wildman–Crippen LogP) is 3.15. The second-order valence-electron chi connectivity index (χ2n) is 9.79. The van der Waals surface area contributed by atoms with Crippen LogP contribution in [0.5, 0.6) is 0 Å². The number of amides is 2. The minimum absolute atomic E-state index is 0.00660. The van der Waals surface area contributed by atoms with Gasteiger partial charge >= 0.3 is 0 Å². The van der Waals surface area contributed by atoms with Crippen molar-refractivity contribution in [1.29, 1.82) is 0 Å². The van der Waals surface area contributed by atoms with Gasteiger partial charge in [0.25, 0.3) is 0 Å². The van der Waals surface area contributed by atoms with Gasteiger partial charge in [-0.25, -0.2) is 8.42 Å². The number of thiophene rings is 1. The summed E-state index contributed by atoms with van der Waals surface area (Å²) in [5, 5.41) is 1.06. The van der Waals surface area contributed by atoms with Crippen LogP contribution in [-0.4, -0.2) is 85.8 Å². The van der Waals surface area contributed by atoms with Crippen LogP contribution in [0.25, 0.3) is 6.08 Å².